The van der Waals surface area contributed by atoms with Gasteiger partial charge in [0.25, 0.3) is 17.5 Å². The van der Waals surface area contributed by atoms with Gasteiger partial charge >= 0.3 is 35.1 Å². The molecule has 0 spiro atoms. The molecule has 728 valence electrons. The zero-order chi connectivity index (χ0) is 99.0. The minimum Gasteiger partial charge on any atom is -0.493 e. The third-order valence-corrected chi connectivity index (χ3v) is 22.3. The highest BCUT2D eigenvalue weighted by Crippen LogP contribution is 2.40. The molecule has 0 aliphatic carbocycles. The number of ether oxygens (including phenoxy) is 6. The molecular weight excluding hydrogens is 2130 g/mol. The third-order valence-electron chi connectivity index (χ3n) is 18.9. The summed E-state index contributed by atoms with van der Waals surface area (Å²) in [4.78, 5) is 95.5. The maximum Gasteiger partial charge on any atom is 0.390 e. The van der Waals surface area contributed by atoms with E-state index in [1.807, 2.05) is 55.5 Å². The lowest BCUT2D eigenvalue weighted by Gasteiger charge is -2.15. The van der Waals surface area contributed by atoms with Gasteiger partial charge in [0, 0.05) is 54.3 Å². The van der Waals surface area contributed by atoms with E-state index in [0.717, 1.165) is 89.4 Å². The number of nitrogens with two attached hydrogens (primary N) is 2. The number of hydrogen-bond acceptors (Lipinski definition) is 35. The molecule has 10 aromatic heterocycles. The number of aromatic amines is 3. The Kier molecular flexibility index (Phi) is 41.1. The van der Waals surface area contributed by atoms with Gasteiger partial charge in [-0.2, -0.15) is 24.7 Å². The Hall–Kier alpha value is -12.9. The molecule has 0 atom stereocenters. The molecule has 0 saturated carbocycles. The lowest BCUT2D eigenvalue weighted by molar-refractivity contribution is -0.755. The van der Waals surface area contributed by atoms with Crippen LogP contribution in [0.1, 0.15) is 93.8 Å². The lowest BCUT2D eigenvalue weighted by Crippen LogP contribution is -2.40. The number of aryl methyl sites for hydroxylation is 2. The summed E-state index contributed by atoms with van der Waals surface area (Å²) in [7, 11) is 6.60. The normalized spacial score (nSPS) is 13.1. The van der Waals surface area contributed by atoms with Crippen LogP contribution in [0, 0.1) is 50.6 Å². The van der Waals surface area contributed by atoms with Crippen LogP contribution in [-0.2, 0) is 124 Å². The lowest BCUT2D eigenvalue weighted by atomic mass is 10.1. The summed E-state index contributed by atoms with van der Waals surface area (Å²) in [6, 6.07) is 26.1. The number of hydrogen-bond donors (Lipinski definition) is 11. The van der Waals surface area contributed by atoms with Crippen molar-refractivity contribution >= 4 is 180 Å². The van der Waals surface area contributed by atoms with E-state index < -0.39 is 36.4 Å². The SMILES string of the molecule is BrCCBr.COc1c(Cl)cccc1Nc1cc(Cc2cc3n(n2)CCOC3)nc2c1C(=O)N(C)C2.COc1c(Cl)cccc1Nc1cc(Cl)nc2c1C(=O)N(C)C2.Nc1cc2n(n1)CCOC2.Nc1cc2n(n1)CCOC2.O=C(O)c1cc([N+](=O)[O-])[nH]n1.O=[N+]([O-])c1cc(CO)[n+](CCBr)[nH]1.O=[N+]([O-])c1cc(CO)n(CCBr)n1.O=[N+]([O-])c1cc(CO)n[nH]1.O=[N+]([O-])c1cc2n(n1)CCOC2. The number of aromatic carboxylic acids is 1. The van der Waals surface area contributed by atoms with Crippen LogP contribution in [0.15, 0.2) is 97.1 Å². The second-order valence-corrected chi connectivity index (χ2v) is 32.6. The average molecular weight is 2210 g/mol. The van der Waals surface area contributed by atoms with Crippen molar-refractivity contribution in [3.63, 3.8) is 0 Å². The van der Waals surface area contributed by atoms with Crippen LogP contribution < -0.4 is 36.3 Å². The molecule has 2 amide bonds. The maximum absolute atomic E-state index is 12.8. The summed E-state index contributed by atoms with van der Waals surface area (Å²) in [5.41, 5.74) is 22.7. The number of aromatic nitrogens is 18. The minimum atomic E-state index is -1.30. The van der Waals surface area contributed by atoms with Crippen molar-refractivity contribution in [2.45, 2.75) is 105 Å². The van der Waals surface area contributed by atoms with Crippen molar-refractivity contribution in [1.29, 1.82) is 0 Å². The van der Waals surface area contributed by atoms with Crippen LogP contribution in [-0.4, -0.2) is 233 Å². The fraction of sp³-hybridized carbons (Fsp3) is 0.364. The number of nitrogen functional groups attached to an aromatic ring is 2. The number of amides is 2. The van der Waals surface area contributed by atoms with Crippen molar-refractivity contribution < 1.29 is 92.5 Å². The molecule has 12 aromatic rings. The zero-order valence-corrected chi connectivity index (χ0v) is 81.0. The Morgan fingerprint density at radius 2 is 1.00 bits per heavy atom. The second kappa shape index (κ2) is 52.3. The first-order valence-electron chi connectivity index (χ1n) is 40.0. The highest BCUT2D eigenvalue weighted by Gasteiger charge is 2.33. The number of carbonyl (C=O) groups is 3. The molecule has 13 N–H and O–H groups in total. The Labute approximate surface area is 818 Å². The van der Waals surface area contributed by atoms with E-state index in [4.69, 9.17) is 100 Å². The fourth-order valence-electron chi connectivity index (χ4n) is 12.9. The van der Waals surface area contributed by atoms with Gasteiger partial charge in [0.2, 0.25) is 6.54 Å². The number of nitro groups is 5. The Morgan fingerprint density at radius 1 is 0.529 bits per heavy atom. The van der Waals surface area contributed by atoms with Crippen LogP contribution in [0.25, 0.3) is 0 Å². The van der Waals surface area contributed by atoms with E-state index in [-0.39, 0.29) is 66.3 Å². The number of carbonyl (C=O) groups excluding carboxylic acids is 2. The number of benzene rings is 2. The number of anilines is 6. The highest BCUT2D eigenvalue weighted by molar-refractivity contribution is 9.12. The summed E-state index contributed by atoms with van der Waals surface area (Å²) in [6.07, 6.45) is 0.562. The Balaban J connectivity index is 0.000000176. The first kappa shape index (κ1) is 107. The van der Waals surface area contributed by atoms with Gasteiger partial charge in [-0.15, -0.1) is 10.2 Å². The summed E-state index contributed by atoms with van der Waals surface area (Å²) >= 11 is 31.2. The predicted molar refractivity (Wildman–Crippen MR) is 500 cm³/mol. The van der Waals surface area contributed by atoms with E-state index in [1.54, 1.807) is 60.0 Å². The molecule has 59 heteroatoms. The van der Waals surface area contributed by atoms with Crippen molar-refractivity contribution in [3.8, 4) is 11.5 Å². The van der Waals surface area contributed by atoms with Crippen LogP contribution in [0.5, 0.6) is 11.5 Å². The number of H-pyrrole nitrogens is 3. The van der Waals surface area contributed by atoms with Gasteiger partial charge in [0.15, 0.2) is 17.2 Å². The van der Waals surface area contributed by atoms with Gasteiger partial charge in [-0.3, -0.25) is 28.6 Å². The number of aliphatic hydroxyl groups excluding tert-OH is 3. The van der Waals surface area contributed by atoms with Crippen LogP contribution in [0.2, 0.25) is 15.2 Å². The Bertz CT molecular complexity index is 5910. The largest absolute Gasteiger partial charge is 0.493 e. The quantitative estimate of drug-likeness (QED) is 0.00988. The number of nitrogens with zero attached hydrogens (tertiary/aromatic N) is 22. The number of carboxylic acid groups (broad SMARTS) is 1. The van der Waals surface area contributed by atoms with Crippen molar-refractivity contribution in [2.24, 2.45) is 0 Å². The second-order valence-electron chi connectivity index (χ2n) is 28.2. The number of para-hydroxylation sites is 2. The molecule has 2 aromatic carbocycles. The predicted octanol–water partition coefficient (Wildman–Crippen LogP) is 9.81. The number of methoxy groups -OCH3 is 2. The molecule has 6 aliphatic rings. The van der Waals surface area contributed by atoms with E-state index in [0.29, 0.717) is 179 Å². The number of pyridine rings is 2. The minimum absolute atomic E-state index is 0.0628. The van der Waals surface area contributed by atoms with Crippen molar-refractivity contribution in [2.75, 3.05) is 98.2 Å². The summed E-state index contributed by atoms with van der Waals surface area (Å²) in [5, 5.41) is 130. The first-order valence-corrected chi connectivity index (χ1v) is 45.6. The van der Waals surface area contributed by atoms with E-state index in [9.17, 15) is 65.0 Å². The molecule has 6 aliphatic heterocycles. The molecule has 0 bridgehead atoms. The summed E-state index contributed by atoms with van der Waals surface area (Å²) in [5.74, 6) is -0.330. The summed E-state index contributed by atoms with van der Waals surface area (Å²) < 4.78 is 42.1. The standard InChI is InChI=1S/C22H22ClN5O3.C15H13Cl2N3O2.2C6H8BrN3O3.C6H7N3O3.2C6H9N3O.C4H3N3O4.C4H5N3O3.C2H4Br2/c1-27-11-19-20(22(27)29)18(25-17-5-3-4-16(23)21(17)30-2)10-13(24-19)8-14-9-15-12-31-7-6-28(15)26-14;1-20-7-11-13(15(20)21)10(6-12(17)19-11)18-9-5-3-4-8(16)14(9)22-2;2*7-1-2-9-5(4-11)3-6(8-9)10(12)13;10-9(11)6-3-5-4-12-2-1-8(5)7-6;2*7-6-3-5-4-10-2-1-9(5)8-6;8-4(9)2-1-3(6-5-2)7(10)11;8-2-3-1-4(6-5-3)7(9)10;3-1-2-4/h3-5,9-10H,6-8,11-12H2,1-2H3,(H,24,25);3-6H,7H2,1-2H3,(H,18,19);2*3,11H,1-2,4H2;3H,1-2,4H2;2*3H,1-2,4H2,(H2,7,8);1H,(H,5,6)(H,8,9);1,8H,2H2,(H,5,6);1-2H2/p+1. The van der Waals surface area contributed by atoms with E-state index >= 15 is 0 Å². The monoisotopic (exact) mass is 2210 g/mol. The molecule has 0 saturated heterocycles. The van der Waals surface area contributed by atoms with Gasteiger partial charge in [0.1, 0.15) is 35.2 Å². The molecule has 0 fully saturated rings. The number of carboxylic acids is 1. The number of fused-ring (bicyclic) bond motifs is 6. The first-order chi connectivity index (χ1) is 65.2. The average Bonchev–Trinajstić information content (AvgIpc) is 1.62. The van der Waals surface area contributed by atoms with Gasteiger partial charge in [-0.05, 0) is 76.9 Å². The number of halogens is 7. The van der Waals surface area contributed by atoms with Gasteiger partial charge in [-0.25, -0.2) is 9.78 Å². The maximum atomic E-state index is 12.8. The smallest absolute Gasteiger partial charge is 0.390 e. The molecule has 136 heavy (non-hydrogen) atoms. The molecule has 0 radical (unpaired) electrons. The van der Waals surface area contributed by atoms with Crippen molar-refractivity contribution in [3.05, 3.63) is 242 Å². The van der Waals surface area contributed by atoms with Gasteiger partial charge in [0.05, 0.1) is 255 Å². The molecule has 0 unspecified atom stereocenters. The topological polar surface area (TPSA) is 678 Å². The van der Waals surface area contributed by atoms with E-state index in [2.05, 4.69) is 131 Å². The summed E-state index contributed by atoms with van der Waals surface area (Å²) in [6.45, 7) is 9.26. The van der Waals surface area contributed by atoms with E-state index in [1.165, 1.54) is 40.7 Å². The molecule has 16 heterocycles. The molecule has 18 rings (SSSR count). The van der Waals surface area contributed by atoms with Gasteiger partial charge < -0.3 is 131 Å². The number of alkyl halides is 4. The Morgan fingerprint density at radius 3 is 1.41 bits per heavy atom. The molecule has 52 nitrogen and oxygen atoms in total. The molecular formula is C77H89Br4Cl3N29O23+. The number of aliphatic hydroxyl groups is 3. The van der Waals surface area contributed by atoms with Crippen LogP contribution in [0.4, 0.5) is 63.5 Å². The number of rotatable bonds is 22. The van der Waals surface area contributed by atoms with Crippen molar-refractivity contribution in [1.82, 2.24) is 94.2 Å². The third kappa shape index (κ3) is 29.8. The fourth-order valence-corrected chi connectivity index (χ4v) is 14.3. The number of nitrogens with one attached hydrogen (secondary N) is 5. The van der Waals surface area contributed by atoms with Gasteiger partial charge in [-0.1, -0.05) is 121 Å². The van der Waals surface area contributed by atoms with Crippen LogP contribution in [0.3, 0.4) is 0 Å². The highest BCUT2D eigenvalue weighted by atomic mass is 79.9. The zero-order valence-electron chi connectivity index (χ0n) is 72.4. The van der Waals surface area contributed by atoms with Crippen LogP contribution >= 0.6 is 98.5 Å².